The number of unbranched alkanes of at least 4 members (excludes halogenated alkanes) is 1. The van der Waals surface area contributed by atoms with Crippen LogP contribution in [0.2, 0.25) is 0 Å². The second-order valence-corrected chi connectivity index (χ2v) is 12.8. The quantitative estimate of drug-likeness (QED) is 0.316. The van der Waals surface area contributed by atoms with E-state index in [1.807, 2.05) is 48.8 Å². The fourth-order valence-corrected chi connectivity index (χ4v) is 5.73. The second-order valence-electron chi connectivity index (χ2n) is 12.8. The van der Waals surface area contributed by atoms with Gasteiger partial charge in [0.15, 0.2) is 0 Å². The first-order chi connectivity index (χ1) is 21.5. The normalized spacial score (nSPS) is 16.6. The fraction of sp³-hybridized carbons (Fsp3) is 0.500. The third-order valence-electron chi connectivity index (χ3n) is 8.43. The second kappa shape index (κ2) is 14.1. The molecule has 0 spiro atoms. The number of urea groups is 1. The van der Waals surface area contributed by atoms with Crippen molar-refractivity contribution in [2.45, 2.75) is 45.2 Å². The van der Waals surface area contributed by atoms with Gasteiger partial charge in [-0.05, 0) is 42.6 Å². The molecule has 2 amide bonds. The van der Waals surface area contributed by atoms with Crippen LogP contribution in [0.5, 0.6) is 0 Å². The van der Waals surface area contributed by atoms with Gasteiger partial charge in [0.2, 0.25) is 0 Å². The van der Waals surface area contributed by atoms with Crippen LogP contribution in [0.1, 0.15) is 45.1 Å². The van der Waals surface area contributed by atoms with Crippen LogP contribution in [0.25, 0.3) is 11.1 Å². The molecule has 1 aromatic heterocycles. The van der Waals surface area contributed by atoms with Crippen LogP contribution in [0.4, 0.5) is 29.5 Å². The maximum Gasteiger partial charge on any atom is 0.433 e. The SMILES string of the molecule is CC(C)(C)c1nc(N2CCN(CCCCNC(=O)N3CCN(c4cccc(-c5ccccc5)c4)CC3)CC2)cc(C(F)(F)F)n1. The maximum absolute atomic E-state index is 13.5. The molecule has 0 atom stereocenters. The van der Waals surface area contributed by atoms with E-state index in [4.69, 9.17) is 0 Å². The fourth-order valence-electron chi connectivity index (χ4n) is 5.73. The molecule has 45 heavy (non-hydrogen) atoms. The Morgan fingerprint density at radius 1 is 0.778 bits per heavy atom. The smallest absolute Gasteiger partial charge is 0.368 e. The van der Waals surface area contributed by atoms with Crippen molar-refractivity contribution in [2.24, 2.45) is 0 Å². The highest BCUT2D eigenvalue weighted by atomic mass is 19.4. The average Bonchev–Trinajstić information content (AvgIpc) is 3.04. The van der Waals surface area contributed by atoms with Crippen molar-refractivity contribution in [1.82, 2.24) is 25.1 Å². The van der Waals surface area contributed by atoms with Crippen LogP contribution in [-0.2, 0) is 11.6 Å². The Kier molecular flexibility index (Phi) is 10.2. The van der Waals surface area contributed by atoms with E-state index >= 15 is 0 Å². The summed E-state index contributed by atoms with van der Waals surface area (Å²) in [5, 5.41) is 3.07. The number of benzene rings is 2. The molecule has 0 radical (unpaired) electrons. The number of rotatable bonds is 8. The number of aromatic nitrogens is 2. The summed E-state index contributed by atoms with van der Waals surface area (Å²) < 4.78 is 40.5. The highest BCUT2D eigenvalue weighted by molar-refractivity contribution is 5.74. The number of alkyl halides is 3. The summed E-state index contributed by atoms with van der Waals surface area (Å²) in [5.41, 5.74) is 2.08. The van der Waals surface area contributed by atoms with Crippen molar-refractivity contribution in [3.05, 3.63) is 72.2 Å². The summed E-state index contributed by atoms with van der Waals surface area (Å²) in [4.78, 5) is 29.5. The van der Waals surface area contributed by atoms with Crippen molar-refractivity contribution in [3.8, 4) is 11.1 Å². The number of halogens is 3. The number of carbonyl (C=O) groups is 1. The highest BCUT2D eigenvalue weighted by Crippen LogP contribution is 2.32. The third-order valence-corrected chi connectivity index (χ3v) is 8.43. The summed E-state index contributed by atoms with van der Waals surface area (Å²) >= 11 is 0. The number of nitrogens with zero attached hydrogens (tertiary/aromatic N) is 6. The highest BCUT2D eigenvalue weighted by Gasteiger charge is 2.36. The number of piperazine rings is 2. The van der Waals surface area contributed by atoms with Gasteiger partial charge in [-0.25, -0.2) is 14.8 Å². The van der Waals surface area contributed by atoms with Crippen LogP contribution in [0, 0.1) is 0 Å². The van der Waals surface area contributed by atoms with Gasteiger partial charge < -0.3 is 20.0 Å². The lowest BCUT2D eigenvalue weighted by atomic mass is 9.95. The first-order valence-corrected chi connectivity index (χ1v) is 15.8. The Balaban J connectivity index is 1.00. The van der Waals surface area contributed by atoms with E-state index in [0.29, 0.717) is 38.5 Å². The largest absolute Gasteiger partial charge is 0.433 e. The van der Waals surface area contributed by atoms with Crippen LogP contribution < -0.4 is 15.1 Å². The lowest BCUT2D eigenvalue weighted by molar-refractivity contribution is -0.141. The molecule has 242 valence electrons. The van der Waals surface area contributed by atoms with Gasteiger partial charge in [-0.3, -0.25) is 4.90 Å². The molecule has 0 unspecified atom stereocenters. The molecule has 1 N–H and O–H groups in total. The zero-order valence-electron chi connectivity index (χ0n) is 26.5. The molecule has 0 bridgehead atoms. The van der Waals surface area contributed by atoms with Crippen LogP contribution in [-0.4, -0.2) is 91.2 Å². The van der Waals surface area contributed by atoms with E-state index in [-0.39, 0.29) is 11.9 Å². The Morgan fingerprint density at radius 3 is 2.11 bits per heavy atom. The lowest BCUT2D eigenvalue weighted by Gasteiger charge is -2.36. The molecule has 2 saturated heterocycles. The minimum atomic E-state index is -4.52. The van der Waals surface area contributed by atoms with Crippen molar-refractivity contribution >= 4 is 17.5 Å². The molecule has 3 aromatic rings. The molecule has 2 aliphatic rings. The van der Waals surface area contributed by atoms with Gasteiger partial charge in [0, 0.05) is 76.1 Å². The van der Waals surface area contributed by atoms with E-state index in [9.17, 15) is 18.0 Å². The minimum absolute atomic E-state index is 0.0148. The number of nitrogens with one attached hydrogen (secondary N) is 1. The standard InChI is InChI=1S/C34H44F3N7O/c1-33(2,3)31-39-29(34(35,36)37)25-30(40-31)43-18-16-41(17-19-43)15-8-7-14-38-32(45)44-22-20-42(21-23-44)28-13-9-12-27(24-28)26-10-5-4-6-11-26/h4-6,9-13,24-25H,7-8,14-23H2,1-3H3,(H,38,45). The summed E-state index contributed by atoms with van der Waals surface area (Å²) in [5.74, 6) is 0.540. The topological polar surface area (TPSA) is 67.8 Å². The van der Waals surface area contributed by atoms with Gasteiger partial charge in [0.05, 0.1) is 0 Å². The van der Waals surface area contributed by atoms with E-state index < -0.39 is 17.3 Å². The molecule has 2 fully saturated rings. The summed E-state index contributed by atoms with van der Waals surface area (Å²) in [6.07, 6.45) is -2.71. The van der Waals surface area contributed by atoms with Gasteiger partial charge in [0.1, 0.15) is 17.3 Å². The lowest BCUT2D eigenvalue weighted by Crippen LogP contribution is -2.52. The molecule has 2 aromatic carbocycles. The maximum atomic E-state index is 13.5. The monoisotopic (exact) mass is 623 g/mol. The minimum Gasteiger partial charge on any atom is -0.368 e. The molecular weight excluding hydrogens is 579 g/mol. The van der Waals surface area contributed by atoms with Crippen LogP contribution in [0.15, 0.2) is 60.7 Å². The zero-order chi connectivity index (χ0) is 32.0. The van der Waals surface area contributed by atoms with Gasteiger partial charge in [0.25, 0.3) is 0 Å². The van der Waals surface area contributed by atoms with E-state index in [1.165, 1.54) is 16.8 Å². The molecule has 11 heteroatoms. The third kappa shape index (κ3) is 8.65. The first-order valence-electron chi connectivity index (χ1n) is 15.8. The summed E-state index contributed by atoms with van der Waals surface area (Å²) in [7, 11) is 0. The Labute approximate surface area is 264 Å². The Morgan fingerprint density at radius 2 is 1.44 bits per heavy atom. The van der Waals surface area contributed by atoms with Crippen molar-refractivity contribution in [1.29, 1.82) is 0 Å². The van der Waals surface area contributed by atoms with Crippen LogP contribution in [0.3, 0.4) is 0 Å². The summed E-state index contributed by atoms with van der Waals surface area (Å²) in [6, 6.07) is 20.0. The molecule has 8 nitrogen and oxygen atoms in total. The predicted molar refractivity (Wildman–Crippen MR) is 173 cm³/mol. The van der Waals surface area contributed by atoms with E-state index in [1.54, 1.807) is 0 Å². The first kappa shape index (κ1) is 32.5. The molecule has 2 aliphatic heterocycles. The van der Waals surface area contributed by atoms with E-state index in [2.05, 4.69) is 61.5 Å². The molecule has 3 heterocycles. The van der Waals surface area contributed by atoms with Crippen molar-refractivity contribution in [3.63, 3.8) is 0 Å². The molecule has 0 aliphatic carbocycles. The van der Waals surface area contributed by atoms with E-state index in [0.717, 1.165) is 51.6 Å². The predicted octanol–water partition coefficient (Wildman–Crippen LogP) is 5.89. The van der Waals surface area contributed by atoms with Crippen LogP contribution >= 0.6 is 0 Å². The Bertz CT molecular complexity index is 1380. The number of amides is 2. The Hall–Kier alpha value is -3.86. The number of anilines is 2. The van der Waals surface area contributed by atoms with Gasteiger partial charge in [-0.1, -0.05) is 63.2 Å². The average molecular weight is 624 g/mol. The summed E-state index contributed by atoms with van der Waals surface area (Å²) in [6.45, 7) is 12.6. The van der Waals surface area contributed by atoms with Crippen molar-refractivity contribution in [2.75, 3.05) is 75.2 Å². The van der Waals surface area contributed by atoms with Gasteiger partial charge in [-0.15, -0.1) is 0 Å². The van der Waals surface area contributed by atoms with Crippen molar-refractivity contribution < 1.29 is 18.0 Å². The molecular formula is C34H44F3N7O. The molecule has 5 rings (SSSR count). The number of hydrogen-bond acceptors (Lipinski definition) is 6. The zero-order valence-corrected chi connectivity index (χ0v) is 26.5. The van der Waals surface area contributed by atoms with Gasteiger partial charge >= 0.3 is 12.2 Å². The molecule has 0 saturated carbocycles. The number of carbonyl (C=O) groups excluding carboxylic acids is 1. The van der Waals surface area contributed by atoms with Gasteiger partial charge in [-0.2, -0.15) is 13.2 Å². The number of hydrogen-bond donors (Lipinski definition) is 1.